The number of methoxy groups -OCH3 is 1. The van der Waals surface area contributed by atoms with Gasteiger partial charge < -0.3 is 19.9 Å². The van der Waals surface area contributed by atoms with Crippen LogP contribution in [0.5, 0.6) is 0 Å². The number of nitrogens with one attached hydrogen (secondary N) is 1. The fourth-order valence-corrected chi connectivity index (χ4v) is 1.71. The second kappa shape index (κ2) is 8.51. The Balaban J connectivity index is 3.81. The van der Waals surface area contributed by atoms with E-state index in [0.29, 0.717) is 26.2 Å². The summed E-state index contributed by atoms with van der Waals surface area (Å²) in [6.45, 7) is 9.51. The first-order valence-corrected chi connectivity index (χ1v) is 6.89. The van der Waals surface area contributed by atoms with Crippen LogP contribution in [0.4, 0.5) is 0 Å². The zero-order chi connectivity index (χ0) is 14.9. The Bertz CT molecular complexity index is 268. The summed E-state index contributed by atoms with van der Waals surface area (Å²) < 4.78 is 10.8. The predicted octanol–water partition coefficient (Wildman–Crippen LogP) is 2.05. The Morgan fingerprint density at radius 1 is 1.21 bits per heavy atom. The van der Waals surface area contributed by atoms with Crippen molar-refractivity contribution in [2.45, 2.75) is 58.1 Å². The van der Waals surface area contributed by atoms with Crippen molar-refractivity contribution in [3.05, 3.63) is 0 Å². The molecule has 114 valence electrons. The van der Waals surface area contributed by atoms with Crippen LogP contribution in [0.25, 0.3) is 0 Å². The molecule has 0 fully saturated rings. The van der Waals surface area contributed by atoms with Gasteiger partial charge in [-0.05, 0) is 46.6 Å². The van der Waals surface area contributed by atoms with Gasteiger partial charge in [0.2, 0.25) is 0 Å². The van der Waals surface area contributed by atoms with E-state index < -0.39 is 11.5 Å². The summed E-state index contributed by atoms with van der Waals surface area (Å²) in [6, 6.07) is 0. The molecule has 0 rings (SSSR count). The number of aliphatic carboxylic acids is 1. The van der Waals surface area contributed by atoms with Gasteiger partial charge in [-0.15, -0.1) is 0 Å². The average Bonchev–Trinajstić information content (AvgIpc) is 2.33. The van der Waals surface area contributed by atoms with E-state index in [1.807, 2.05) is 20.8 Å². The largest absolute Gasteiger partial charge is 0.480 e. The molecule has 0 radical (unpaired) electrons. The van der Waals surface area contributed by atoms with Crippen molar-refractivity contribution in [3.8, 4) is 0 Å². The van der Waals surface area contributed by atoms with Crippen molar-refractivity contribution in [2.24, 2.45) is 0 Å². The lowest BCUT2D eigenvalue weighted by molar-refractivity contribution is -0.144. The predicted molar refractivity (Wildman–Crippen MR) is 75.5 cm³/mol. The van der Waals surface area contributed by atoms with E-state index in [-0.39, 0.29) is 5.60 Å². The molecular weight excluding hydrogens is 246 g/mol. The smallest absolute Gasteiger partial charge is 0.323 e. The van der Waals surface area contributed by atoms with Gasteiger partial charge in [0.15, 0.2) is 0 Å². The minimum Gasteiger partial charge on any atom is -0.480 e. The van der Waals surface area contributed by atoms with Crippen LogP contribution in [0.2, 0.25) is 0 Å². The van der Waals surface area contributed by atoms with Crippen LogP contribution >= 0.6 is 0 Å². The molecule has 0 aliphatic carbocycles. The van der Waals surface area contributed by atoms with Gasteiger partial charge in [-0.1, -0.05) is 6.92 Å². The molecule has 1 unspecified atom stereocenters. The zero-order valence-corrected chi connectivity index (χ0v) is 12.9. The first-order valence-electron chi connectivity index (χ1n) is 6.89. The molecule has 0 aromatic rings. The molecular formula is C14H29NO4. The van der Waals surface area contributed by atoms with Crippen molar-refractivity contribution in [2.75, 3.05) is 26.9 Å². The lowest BCUT2D eigenvalue weighted by Crippen LogP contribution is -2.49. The van der Waals surface area contributed by atoms with Gasteiger partial charge in [-0.25, -0.2) is 0 Å². The number of carbonyl (C=O) groups is 1. The fraction of sp³-hybridized carbons (Fsp3) is 0.929. The third-order valence-electron chi connectivity index (χ3n) is 3.41. The molecule has 1 atom stereocenters. The van der Waals surface area contributed by atoms with Crippen LogP contribution < -0.4 is 5.32 Å². The molecule has 0 bridgehead atoms. The highest BCUT2D eigenvalue weighted by Gasteiger charge is 2.31. The average molecular weight is 275 g/mol. The van der Waals surface area contributed by atoms with Crippen LogP contribution in [-0.4, -0.2) is 49.1 Å². The summed E-state index contributed by atoms with van der Waals surface area (Å²) in [4.78, 5) is 11.2. The molecule has 0 aliphatic heterocycles. The Labute approximate surface area is 116 Å². The highest BCUT2D eigenvalue weighted by atomic mass is 16.5. The van der Waals surface area contributed by atoms with Crippen molar-refractivity contribution in [1.82, 2.24) is 5.32 Å². The standard InChI is InChI=1S/C14H29NO4/c1-6-15-14(4,12(16)17)8-7-10-19-11-9-13(2,3)18-5/h15H,6-11H2,1-5H3,(H,16,17). The number of hydrogen-bond donors (Lipinski definition) is 2. The fourth-order valence-electron chi connectivity index (χ4n) is 1.71. The highest BCUT2D eigenvalue weighted by Crippen LogP contribution is 2.14. The van der Waals surface area contributed by atoms with Gasteiger partial charge in [0, 0.05) is 20.3 Å². The summed E-state index contributed by atoms with van der Waals surface area (Å²) in [5, 5.41) is 12.2. The minimum absolute atomic E-state index is 0.167. The van der Waals surface area contributed by atoms with E-state index in [9.17, 15) is 9.90 Å². The van der Waals surface area contributed by atoms with Gasteiger partial charge in [-0.3, -0.25) is 4.79 Å². The molecule has 0 saturated carbocycles. The van der Waals surface area contributed by atoms with Crippen molar-refractivity contribution < 1.29 is 19.4 Å². The molecule has 0 aromatic carbocycles. The summed E-state index contributed by atoms with van der Waals surface area (Å²) in [5.41, 5.74) is -1.02. The quantitative estimate of drug-likeness (QED) is 0.565. The van der Waals surface area contributed by atoms with Gasteiger partial charge in [0.25, 0.3) is 0 Å². The number of ether oxygens (including phenoxy) is 2. The monoisotopic (exact) mass is 275 g/mol. The topological polar surface area (TPSA) is 67.8 Å². The Kier molecular flexibility index (Phi) is 8.22. The highest BCUT2D eigenvalue weighted by molar-refractivity contribution is 5.78. The summed E-state index contributed by atoms with van der Waals surface area (Å²) >= 11 is 0. The molecule has 0 saturated heterocycles. The maximum Gasteiger partial charge on any atom is 0.323 e. The van der Waals surface area contributed by atoms with E-state index in [2.05, 4.69) is 5.32 Å². The second-order valence-electron chi connectivity index (χ2n) is 5.60. The van der Waals surface area contributed by atoms with Gasteiger partial charge in [-0.2, -0.15) is 0 Å². The third kappa shape index (κ3) is 7.50. The molecule has 0 heterocycles. The number of carboxylic acid groups (broad SMARTS) is 1. The third-order valence-corrected chi connectivity index (χ3v) is 3.41. The summed E-state index contributed by atoms with van der Waals surface area (Å²) in [6.07, 6.45) is 2.11. The number of likely N-dealkylation sites (N-methyl/N-ethyl adjacent to an activating group) is 1. The first kappa shape index (κ1) is 18.4. The molecule has 2 N–H and O–H groups in total. The van der Waals surface area contributed by atoms with E-state index in [4.69, 9.17) is 9.47 Å². The van der Waals surface area contributed by atoms with E-state index in [0.717, 1.165) is 12.8 Å². The molecule has 5 heteroatoms. The molecule has 0 aromatic heterocycles. The van der Waals surface area contributed by atoms with Crippen LogP contribution in [-0.2, 0) is 14.3 Å². The van der Waals surface area contributed by atoms with Crippen molar-refractivity contribution >= 4 is 5.97 Å². The van der Waals surface area contributed by atoms with Gasteiger partial charge in [0.05, 0.1) is 5.60 Å². The second-order valence-corrected chi connectivity index (χ2v) is 5.60. The van der Waals surface area contributed by atoms with Crippen LogP contribution in [0.3, 0.4) is 0 Å². The van der Waals surface area contributed by atoms with Crippen molar-refractivity contribution in [1.29, 1.82) is 0 Å². The number of rotatable bonds is 11. The Hall–Kier alpha value is -0.650. The molecule has 0 spiro atoms. The van der Waals surface area contributed by atoms with Crippen LogP contribution in [0.15, 0.2) is 0 Å². The lowest BCUT2D eigenvalue weighted by atomic mass is 9.96. The van der Waals surface area contributed by atoms with E-state index in [1.165, 1.54) is 0 Å². The molecule has 19 heavy (non-hydrogen) atoms. The molecule has 0 amide bonds. The summed E-state index contributed by atoms with van der Waals surface area (Å²) in [5.74, 6) is -0.810. The lowest BCUT2D eigenvalue weighted by Gasteiger charge is -2.26. The number of carboxylic acids is 1. The maximum atomic E-state index is 11.2. The zero-order valence-electron chi connectivity index (χ0n) is 12.9. The van der Waals surface area contributed by atoms with Crippen LogP contribution in [0.1, 0.15) is 47.0 Å². The molecule has 0 aliphatic rings. The van der Waals surface area contributed by atoms with Gasteiger partial charge >= 0.3 is 5.97 Å². The first-order chi connectivity index (χ1) is 8.77. The molecule has 5 nitrogen and oxygen atoms in total. The Morgan fingerprint density at radius 3 is 2.32 bits per heavy atom. The number of hydrogen-bond acceptors (Lipinski definition) is 4. The van der Waals surface area contributed by atoms with Crippen molar-refractivity contribution in [3.63, 3.8) is 0 Å². The SMILES string of the molecule is CCNC(C)(CCCOCCC(C)(C)OC)C(=O)O. The Morgan fingerprint density at radius 2 is 1.84 bits per heavy atom. The minimum atomic E-state index is -0.857. The maximum absolute atomic E-state index is 11.2. The van der Waals surface area contributed by atoms with Gasteiger partial charge in [0.1, 0.15) is 5.54 Å². The van der Waals surface area contributed by atoms with E-state index >= 15 is 0 Å². The van der Waals surface area contributed by atoms with Crippen LogP contribution in [0, 0.1) is 0 Å². The summed E-state index contributed by atoms with van der Waals surface area (Å²) in [7, 11) is 1.69. The van der Waals surface area contributed by atoms with E-state index in [1.54, 1.807) is 14.0 Å². The normalized spacial score (nSPS) is 15.2.